The summed E-state index contributed by atoms with van der Waals surface area (Å²) < 4.78 is 5.14. The van der Waals surface area contributed by atoms with Gasteiger partial charge in [0.25, 0.3) is 0 Å². The van der Waals surface area contributed by atoms with Crippen LogP contribution in [-0.2, 0) is 11.2 Å². The van der Waals surface area contributed by atoms with Crippen molar-refractivity contribution < 1.29 is 9.53 Å². The molecule has 0 saturated heterocycles. The summed E-state index contributed by atoms with van der Waals surface area (Å²) in [4.78, 5) is 11.4. The van der Waals surface area contributed by atoms with E-state index in [9.17, 15) is 4.79 Å². The summed E-state index contributed by atoms with van der Waals surface area (Å²) in [6.07, 6.45) is 1.18. The van der Waals surface area contributed by atoms with E-state index in [1.165, 1.54) is 0 Å². The van der Waals surface area contributed by atoms with Gasteiger partial charge in [-0.15, -0.1) is 0 Å². The molecule has 0 aliphatic heterocycles. The van der Waals surface area contributed by atoms with Gasteiger partial charge in [0.2, 0.25) is 0 Å². The van der Waals surface area contributed by atoms with Gasteiger partial charge in [-0.25, -0.2) is 4.79 Å². The van der Waals surface area contributed by atoms with Crippen molar-refractivity contribution in [3.63, 3.8) is 0 Å². The molecule has 3 nitrogen and oxygen atoms in total. The third-order valence-electron chi connectivity index (χ3n) is 2.31. The van der Waals surface area contributed by atoms with Crippen LogP contribution in [0.5, 0.6) is 0 Å². The Bertz CT molecular complexity index is 442. The molecular weight excluding hydrogens is 285 g/mol. The fourth-order valence-corrected chi connectivity index (χ4v) is 2.01. The fourth-order valence-electron chi connectivity index (χ4n) is 1.51. The number of alkyl carbamates (subject to hydrolysis) is 1. The van der Waals surface area contributed by atoms with Crippen LogP contribution >= 0.6 is 23.2 Å². The van der Waals surface area contributed by atoms with Crippen molar-refractivity contribution in [3.05, 3.63) is 33.8 Å². The van der Waals surface area contributed by atoms with Crippen LogP contribution in [0.1, 0.15) is 32.8 Å². The Morgan fingerprint density at radius 3 is 2.58 bits per heavy atom. The molecule has 1 rings (SSSR count). The highest BCUT2D eigenvalue weighted by atomic mass is 35.5. The average molecular weight is 304 g/mol. The number of hydrogen-bond donors (Lipinski definition) is 1. The van der Waals surface area contributed by atoms with Crippen molar-refractivity contribution in [2.45, 2.75) is 39.2 Å². The number of amides is 1. The van der Waals surface area contributed by atoms with Crippen LogP contribution in [0.15, 0.2) is 18.2 Å². The number of ether oxygens (including phenoxy) is 1. The predicted molar refractivity (Wildman–Crippen MR) is 79.0 cm³/mol. The molecule has 1 N–H and O–H groups in total. The first-order chi connectivity index (χ1) is 8.78. The van der Waals surface area contributed by atoms with Crippen molar-refractivity contribution in [2.24, 2.45) is 0 Å². The van der Waals surface area contributed by atoms with Crippen molar-refractivity contribution in [1.29, 1.82) is 0 Å². The Morgan fingerprint density at radius 1 is 1.32 bits per heavy atom. The standard InChI is InChI=1S/C14H19Cl2NO2/c1-14(2,3)19-13(18)17-8-4-5-10-6-7-11(15)9-12(10)16/h6-7,9H,4-5,8H2,1-3H3,(H,17,18). The number of aryl methyl sites for hydroxylation is 1. The number of hydrogen-bond acceptors (Lipinski definition) is 2. The first kappa shape index (κ1) is 16.1. The molecule has 0 heterocycles. The quantitative estimate of drug-likeness (QED) is 0.835. The Labute approximate surface area is 124 Å². The van der Waals surface area contributed by atoms with Crippen LogP contribution in [0, 0.1) is 0 Å². The van der Waals surface area contributed by atoms with Crippen LogP contribution in [0.4, 0.5) is 4.79 Å². The molecule has 0 fully saturated rings. The van der Waals surface area contributed by atoms with Crippen LogP contribution < -0.4 is 5.32 Å². The van der Waals surface area contributed by atoms with E-state index in [1.807, 2.05) is 32.9 Å². The van der Waals surface area contributed by atoms with Crippen LogP contribution in [0.3, 0.4) is 0 Å². The smallest absolute Gasteiger partial charge is 0.407 e. The molecule has 19 heavy (non-hydrogen) atoms. The Balaban J connectivity index is 2.29. The summed E-state index contributed by atoms with van der Waals surface area (Å²) >= 11 is 11.9. The number of benzene rings is 1. The second kappa shape index (κ2) is 7.01. The van der Waals surface area contributed by atoms with Gasteiger partial charge in [-0.3, -0.25) is 0 Å². The lowest BCUT2D eigenvalue weighted by atomic mass is 10.1. The van der Waals surface area contributed by atoms with Crippen LogP contribution in [0.25, 0.3) is 0 Å². The second-order valence-corrected chi connectivity index (χ2v) is 6.11. The molecule has 1 amide bonds. The zero-order chi connectivity index (χ0) is 14.5. The van der Waals surface area contributed by atoms with Gasteiger partial charge in [0.05, 0.1) is 0 Å². The van der Waals surface area contributed by atoms with E-state index in [0.29, 0.717) is 16.6 Å². The predicted octanol–water partition coefficient (Wildman–Crippen LogP) is 4.45. The summed E-state index contributed by atoms with van der Waals surface area (Å²) in [5.74, 6) is 0. The molecule has 106 valence electrons. The van der Waals surface area contributed by atoms with Gasteiger partial charge >= 0.3 is 6.09 Å². The maximum atomic E-state index is 11.4. The molecule has 0 unspecified atom stereocenters. The third-order valence-corrected chi connectivity index (χ3v) is 2.89. The van der Waals surface area contributed by atoms with Gasteiger partial charge in [0.15, 0.2) is 0 Å². The Morgan fingerprint density at radius 2 is 2.00 bits per heavy atom. The van der Waals surface area contributed by atoms with Crippen molar-refractivity contribution >= 4 is 29.3 Å². The lowest BCUT2D eigenvalue weighted by Gasteiger charge is -2.19. The summed E-state index contributed by atoms with van der Waals surface area (Å²) in [5, 5.41) is 3.99. The topological polar surface area (TPSA) is 38.3 Å². The highest BCUT2D eigenvalue weighted by Crippen LogP contribution is 2.21. The number of carbonyl (C=O) groups excluding carboxylic acids is 1. The van der Waals surface area contributed by atoms with Crippen molar-refractivity contribution in [2.75, 3.05) is 6.54 Å². The minimum atomic E-state index is -0.469. The first-order valence-electron chi connectivity index (χ1n) is 6.19. The van der Waals surface area contributed by atoms with E-state index in [1.54, 1.807) is 6.07 Å². The molecule has 1 aromatic rings. The SMILES string of the molecule is CC(C)(C)OC(=O)NCCCc1ccc(Cl)cc1Cl. The summed E-state index contributed by atoms with van der Waals surface area (Å²) in [6.45, 7) is 6.05. The summed E-state index contributed by atoms with van der Waals surface area (Å²) in [7, 11) is 0. The van der Waals surface area contributed by atoms with E-state index in [2.05, 4.69) is 5.32 Å². The average Bonchev–Trinajstić information content (AvgIpc) is 2.24. The zero-order valence-corrected chi connectivity index (χ0v) is 12.9. The van der Waals surface area contributed by atoms with E-state index < -0.39 is 11.7 Å². The van der Waals surface area contributed by atoms with Gasteiger partial charge in [0, 0.05) is 16.6 Å². The molecule has 0 aliphatic rings. The minimum absolute atomic E-state index is 0.394. The second-order valence-electron chi connectivity index (χ2n) is 5.27. The molecule has 0 atom stereocenters. The normalized spacial score (nSPS) is 11.2. The van der Waals surface area contributed by atoms with Gasteiger partial charge in [-0.1, -0.05) is 29.3 Å². The number of nitrogens with one attached hydrogen (secondary N) is 1. The number of halogens is 2. The lowest BCUT2D eigenvalue weighted by Crippen LogP contribution is -2.33. The van der Waals surface area contributed by atoms with Crippen LogP contribution in [0.2, 0.25) is 10.0 Å². The fraction of sp³-hybridized carbons (Fsp3) is 0.500. The molecule has 5 heteroatoms. The zero-order valence-electron chi connectivity index (χ0n) is 11.4. The molecule has 1 aromatic carbocycles. The van der Waals surface area contributed by atoms with E-state index in [-0.39, 0.29) is 0 Å². The highest BCUT2D eigenvalue weighted by Gasteiger charge is 2.15. The van der Waals surface area contributed by atoms with Crippen LogP contribution in [-0.4, -0.2) is 18.2 Å². The number of rotatable bonds is 4. The van der Waals surface area contributed by atoms with Gasteiger partial charge in [0.1, 0.15) is 5.60 Å². The maximum Gasteiger partial charge on any atom is 0.407 e. The molecule has 0 aromatic heterocycles. The van der Waals surface area contributed by atoms with Gasteiger partial charge < -0.3 is 10.1 Å². The van der Waals surface area contributed by atoms with E-state index in [4.69, 9.17) is 27.9 Å². The largest absolute Gasteiger partial charge is 0.444 e. The minimum Gasteiger partial charge on any atom is -0.444 e. The molecule has 0 aliphatic carbocycles. The van der Waals surface area contributed by atoms with Crippen molar-refractivity contribution in [3.8, 4) is 0 Å². The number of carbonyl (C=O) groups is 1. The third kappa shape index (κ3) is 6.69. The Kier molecular flexibility index (Phi) is 5.95. The van der Waals surface area contributed by atoms with Crippen molar-refractivity contribution in [1.82, 2.24) is 5.32 Å². The summed E-state index contributed by atoms with van der Waals surface area (Å²) in [6, 6.07) is 5.43. The molecule has 0 saturated carbocycles. The molecule has 0 radical (unpaired) electrons. The molecular formula is C14H19Cl2NO2. The monoisotopic (exact) mass is 303 g/mol. The van der Waals surface area contributed by atoms with Gasteiger partial charge in [-0.05, 0) is 51.3 Å². The highest BCUT2D eigenvalue weighted by molar-refractivity contribution is 6.35. The maximum absolute atomic E-state index is 11.4. The molecule has 0 bridgehead atoms. The van der Waals surface area contributed by atoms with Gasteiger partial charge in [-0.2, -0.15) is 0 Å². The summed E-state index contributed by atoms with van der Waals surface area (Å²) in [5.41, 5.74) is 0.556. The Hall–Kier alpha value is -0.930. The van der Waals surface area contributed by atoms with E-state index >= 15 is 0 Å². The van der Waals surface area contributed by atoms with E-state index in [0.717, 1.165) is 18.4 Å². The lowest BCUT2D eigenvalue weighted by molar-refractivity contribution is 0.0527. The first-order valence-corrected chi connectivity index (χ1v) is 6.94. The molecule has 0 spiro atoms.